The van der Waals surface area contributed by atoms with Crippen molar-refractivity contribution in [2.45, 2.75) is 50.8 Å². The van der Waals surface area contributed by atoms with Crippen LogP contribution in [0.4, 0.5) is 4.79 Å². The predicted octanol–water partition coefficient (Wildman–Crippen LogP) is 3.69. The summed E-state index contributed by atoms with van der Waals surface area (Å²) in [4.78, 5) is 41.1. The van der Waals surface area contributed by atoms with Crippen LogP contribution in [0.2, 0.25) is 0 Å². The maximum Gasteiger partial charge on any atom is 0.406 e. The molecule has 1 saturated carbocycles. The molecule has 10 nitrogen and oxygen atoms in total. The van der Waals surface area contributed by atoms with Crippen LogP contribution in [0.15, 0.2) is 45.7 Å². The first-order chi connectivity index (χ1) is 19.0. The summed E-state index contributed by atoms with van der Waals surface area (Å²) in [5, 5.41) is 8.38. The molecule has 2 fully saturated rings. The molecule has 0 bridgehead atoms. The van der Waals surface area contributed by atoms with Crippen molar-refractivity contribution in [2.75, 3.05) is 33.4 Å². The zero-order valence-corrected chi connectivity index (χ0v) is 23.0. The molecule has 1 saturated heterocycles. The normalized spacial score (nSPS) is 17.9. The number of ether oxygens (including phenoxy) is 2. The highest BCUT2D eigenvalue weighted by Gasteiger charge is 2.40. The smallest absolute Gasteiger partial charge is 0.406 e. The lowest BCUT2D eigenvalue weighted by molar-refractivity contribution is -0.148. The number of nitrogens with zero attached hydrogens (tertiary/aromatic N) is 1. The summed E-state index contributed by atoms with van der Waals surface area (Å²) in [5.74, 6) is 0.499. The highest BCUT2D eigenvalue weighted by Crippen LogP contribution is 2.44. The zero-order valence-electron chi connectivity index (χ0n) is 22.2. The van der Waals surface area contributed by atoms with Gasteiger partial charge in [-0.3, -0.25) is 9.59 Å². The van der Waals surface area contributed by atoms with Gasteiger partial charge in [-0.2, -0.15) is 5.16 Å². The van der Waals surface area contributed by atoms with Crippen LogP contribution in [0.25, 0.3) is 21.8 Å². The second-order valence-electron chi connectivity index (χ2n) is 9.86. The number of amides is 2. The molecule has 39 heavy (non-hydrogen) atoms. The molecule has 3 heterocycles. The minimum Gasteiger partial charge on any atom is -0.453 e. The van der Waals surface area contributed by atoms with Crippen molar-refractivity contribution >= 4 is 23.3 Å². The SMILES string of the molecule is COC(=O)NCCCc1cc([C@@H](C)N(C(=O)[C@H]2CNCCO2)C2CC2)sc1-c1ccccc1-c1cc(=O)[nH]o1. The summed E-state index contributed by atoms with van der Waals surface area (Å²) in [6.07, 6.45) is 2.48. The summed E-state index contributed by atoms with van der Waals surface area (Å²) in [6.45, 7) is 4.37. The van der Waals surface area contributed by atoms with Gasteiger partial charge in [0.05, 0.1) is 25.8 Å². The van der Waals surface area contributed by atoms with Gasteiger partial charge in [0.1, 0.15) is 6.10 Å². The fourth-order valence-corrected chi connectivity index (χ4v) is 6.29. The molecule has 2 amide bonds. The van der Waals surface area contributed by atoms with Crippen LogP contribution in [0.5, 0.6) is 0 Å². The summed E-state index contributed by atoms with van der Waals surface area (Å²) in [5.41, 5.74) is 2.57. The molecule has 3 aromatic rings. The maximum absolute atomic E-state index is 13.6. The van der Waals surface area contributed by atoms with Gasteiger partial charge < -0.3 is 29.5 Å². The second kappa shape index (κ2) is 12.2. The van der Waals surface area contributed by atoms with Crippen molar-refractivity contribution in [2.24, 2.45) is 0 Å². The van der Waals surface area contributed by atoms with Gasteiger partial charge in [-0.1, -0.05) is 24.3 Å². The molecule has 5 rings (SSSR count). The van der Waals surface area contributed by atoms with Crippen molar-refractivity contribution in [3.8, 4) is 21.8 Å². The number of thiophene rings is 1. The highest BCUT2D eigenvalue weighted by atomic mass is 32.1. The minimum absolute atomic E-state index is 0.0328. The molecule has 1 aliphatic heterocycles. The van der Waals surface area contributed by atoms with E-state index < -0.39 is 12.2 Å². The van der Waals surface area contributed by atoms with Crippen molar-refractivity contribution in [3.63, 3.8) is 0 Å². The number of rotatable bonds is 10. The fraction of sp³-hybridized carbons (Fsp3) is 0.464. The monoisotopic (exact) mass is 554 g/mol. The lowest BCUT2D eigenvalue weighted by Crippen LogP contribution is -2.50. The van der Waals surface area contributed by atoms with Gasteiger partial charge in [0.2, 0.25) is 0 Å². The van der Waals surface area contributed by atoms with E-state index >= 15 is 0 Å². The summed E-state index contributed by atoms with van der Waals surface area (Å²) < 4.78 is 15.9. The average molecular weight is 555 g/mol. The lowest BCUT2D eigenvalue weighted by Gasteiger charge is -2.33. The molecule has 0 spiro atoms. The minimum atomic E-state index is -0.470. The van der Waals surface area contributed by atoms with Crippen molar-refractivity contribution in [1.29, 1.82) is 0 Å². The Balaban J connectivity index is 1.47. The van der Waals surface area contributed by atoms with Crippen LogP contribution < -0.4 is 16.2 Å². The number of hydrogen-bond donors (Lipinski definition) is 3. The Kier molecular flexibility index (Phi) is 8.49. The molecular formula is C28H34N4O6S. The Labute approximate surface area is 230 Å². The Morgan fingerprint density at radius 1 is 1.23 bits per heavy atom. The molecular weight excluding hydrogens is 520 g/mol. The summed E-state index contributed by atoms with van der Waals surface area (Å²) in [7, 11) is 1.34. The number of aryl methyl sites for hydroxylation is 1. The largest absolute Gasteiger partial charge is 0.453 e. The number of hydrogen-bond acceptors (Lipinski definition) is 8. The van der Waals surface area contributed by atoms with Crippen LogP contribution in [0.3, 0.4) is 0 Å². The number of methoxy groups -OCH3 is 1. The Bertz CT molecular complexity index is 1350. The van der Waals surface area contributed by atoms with Gasteiger partial charge >= 0.3 is 6.09 Å². The molecule has 2 aliphatic rings. The number of alkyl carbamates (subject to hydrolysis) is 1. The number of aromatic nitrogens is 1. The van der Waals surface area contributed by atoms with E-state index in [2.05, 4.69) is 33.5 Å². The molecule has 2 atom stereocenters. The maximum atomic E-state index is 13.6. The molecule has 1 aromatic carbocycles. The Hall–Kier alpha value is -3.41. The van der Waals surface area contributed by atoms with E-state index in [-0.39, 0.29) is 23.6 Å². The number of carbonyl (C=O) groups is 2. The van der Waals surface area contributed by atoms with Crippen LogP contribution >= 0.6 is 11.3 Å². The van der Waals surface area contributed by atoms with E-state index in [1.165, 1.54) is 13.2 Å². The number of carbonyl (C=O) groups excluding carboxylic acids is 2. The van der Waals surface area contributed by atoms with Gasteiger partial charge in [-0.25, -0.2) is 4.79 Å². The number of H-pyrrole nitrogens is 1. The number of nitrogens with one attached hydrogen (secondary N) is 3. The molecule has 11 heteroatoms. The number of morpholine rings is 1. The third kappa shape index (κ3) is 6.26. The quantitative estimate of drug-likeness (QED) is 0.326. The van der Waals surface area contributed by atoms with Gasteiger partial charge in [0.25, 0.3) is 11.5 Å². The topological polar surface area (TPSA) is 126 Å². The van der Waals surface area contributed by atoms with Crippen LogP contribution in [0, 0.1) is 0 Å². The van der Waals surface area contributed by atoms with Gasteiger partial charge in [0, 0.05) is 46.6 Å². The first-order valence-electron chi connectivity index (χ1n) is 13.3. The molecule has 0 radical (unpaired) electrons. The van der Waals surface area contributed by atoms with E-state index in [4.69, 9.17) is 9.26 Å². The van der Waals surface area contributed by atoms with Crippen molar-refractivity contribution in [1.82, 2.24) is 20.7 Å². The molecule has 3 N–H and O–H groups in total. The van der Waals surface area contributed by atoms with Crippen LogP contribution in [-0.2, 0) is 20.7 Å². The molecule has 208 valence electrons. The Morgan fingerprint density at radius 2 is 2.03 bits per heavy atom. The zero-order chi connectivity index (χ0) is 27.4. The highest BCUT2D eigenvalue weighted by molar-refractivity contribution is 7.15. The third-order valence-electron chi connectivity index (χ3n) is 7.09. The number of aromatic amines is 1. The Morgan fingerprint density at radius 3 is 2.69 bits per heavy atom. The van der Waals surface area contributed by atoms with Crippen LogP contribution in [0.1, 0.15) is 42.7 Å². The van der Waals surface area contributed by atoms with Crippen molar-refractivity contribution in [3.05, 3.63) is 57.2 Å². The predicted molar refractivity (Wildman–Crippen MR) is 148 cm³/mol. The third-order valence-corrected chi connectivity index (χ3v) is 8.47. The first kappa shape index (κ1) is 27.2. The fourth-order valence-electron chi connectivity index (χ4n) is 4.99. The summed E-state index contributed by atoms with van der Waals surface area (Å²) in [6, 6.07) is 11.5. The molecule has 1 aliphatic carbocycles. The van der Waals surface area contributed by atoms with E-state index in [1.54, 1.807) is 11.3 Å². The van der Waals surface area contributed by atoms with Gasteiger partial charge in [-0.15, -0.1) is 11.3 Å². The van der Waals surface area contributed by atoms with Crippen LogP contribution in [-0.4, -0.2) is 67.6 Å². The average Bonchev–Trinajstić information content (AvgIpc) is 3.55. The summed E-state index contributed by atoms with van der Waals surface area (Å²) >= 11 is 1.65. The van der Waals surface area contributed by atoms with E-state index in [0.29, 0.717) is 38.3 Å². The number of benzene rings is 1. The van der Waals surface area contributed by atoms with E-state index in [9.17, 15) is 14.4 Å². The second-order valence-corrected chi connectivity index (χ2v) is 10.9. The first-order valence-corrected chi connectivity index (χ1v) is 14.1. The lowest BCUT2D eigenvalue weighted by atomic mass is 9.99. The van der Waals surface area contributed by atoms with E-state index in [0.717, 1.165) is 45.8 Å². The van der Waals surface area contributed by atoms with Crippen molar-refractivity contribution < 1.29 is 23.6 Å². The van der Waals surface area contributed by atoms with Gasteiger partial charge in [0.15, 0.2) is 5.76 Å². The van der Waals surface area contributed by atoms with E-state index in [1.807, 2.05) is 29.2 Å². The molecule has 2 aromatic heterocycles. The molecule has 0 unspecified atom stereocenters. The van der Waals surface area contributed by atoms with Gasteiger partial charge in [-0.05, 0) is 44.2 Å². The standard InChI is InChI=1S/C28H34N4O6S/c1-17(32(19-9-10-19)27(34)23-16-29-12-13-37-23)24-14-18(6-5-11-30-28(35)36-2)26(39-24)21-8-4-3-7-20(21)22-15-25(33)31-38-22/h3-4,7-8,14-15,17,19,23,29H,5-6,9-13,16H2,1-2H3,(H,30,35)(H,31,33)/t17-,23-/m1/s1.